The van der Waals surface area contributed by atoms with Gasteiger partial charge in [-0.05, 0) is 36.9 Å². The topological polar surface area (TPSA) is 23.5 Å². The highest BCUT2D eigenvalue weighted by Gasteiger charge is 2.32. The highest BCUT2D eigenvalue weighted by Crippen LogP contribution is 2.38. The van der Waals surface area contributed by atoms with Crippen LogP contribution in [0.1, 0.15) is 30.9 Å². The Hall–Kier alpha value is -1.30. The fraction of sp³-hybridized carbons (Fsp3) is 0.529. The molecule has 1 aromatic carbocycles. The fourth-order valence-corrected chi connectivity index (χ4v) is 2.40. The van der Waals surface area contributed by atoms with Gasteiger partial charge in [-0.25, -0.2) is 0 Å². The molecule has 0 bridgehead atoms. The molecule has 0 aliphatic heterocycles. The molecule has 1 fully saturated rings. The third-order valence-electron chi connectivity index (χ3n) is 3.74. The molecule has 2 atom stereocenters. The summed E-state index contributed by atoms with van der Waals surface area (Å²) >= 11 is 0. The van der Waals surface area contributed by atoms with Crippen molar-refractivity contribution in [3.63, 3.8) is 0 Å². The van der Waals surface area contributed by atoms with Gasteiger partial charge in [-0.2, -0.15) is 0 Å². The van der Waals surface area contributed by atoms with Crippen LogP contribution >= 0.6 is 0 Å². The second-order valence-electron chi connectivity index (χ2n) is 5.60. The summed E-state index contributed by atoms with van der Waals surface area (Å²) in [7, 11) is 2.18. The first-order chi connectivity index (χ1) is 9.20. The number of benzene rings is 1. The highest BCUT2D eigenvalue weighted by atomic mass is 16.2. The predicted molar refractivity (Wildman–Crippen MR) is 78.6 cm³/mol. The second kappa shape index (κ2) is 6.75. The number of aliphatic hydroxyl groups excluding tert-OH is 1. The molecule has 1 N–H and O–H groups in total. The van der Waals surface area contributed by atoms with Gasteiger partial charge in [0.2, 0.25) is 0 Å². The summed E-state index contributed by atoms with van der Waals surface area (Å²) in [6, 6.07) is 8.30. The molecule has 0 saturated heterocycles. The van der Waals surface area contributed by atoms with Crippen LogP contribution in [0.5, 0.6) is 0 Å². The lowest BCUT2D eigenvalue weighted by Crippen LogP contribution is -2.21. The van der Waals surface area contributed by atoms with Gasteiger partial charge in [-0.3, -0.25) is 0 Å². The van der Waals surface area contributed by atoms with Gasteiger partial charge in [0.1, 0.15) is 0 Å². The molecule has 102 valence electrons. The zero-order valence-corrected chi connectivity index (χ0v) is 11.9. The molecule has 0 heterocycles. The van der Waals surface area contributed by atoms with Crippen molar-refractivity contribution < 1.29 is 5.11 Å². The lowest BCUT2D eigenvalue weighted by Gasteiger charge is -2.17. The van der Waals surface area contributed by atoms with E-state index in [0.29, 0.717) is 6.42 Å². The molecule has 19 heavy (non-hydrogen) atoms. The van der Waals surface area contributed by atoms with Crippen LogP contribution in [0.3, 0.4) is 0 Å². The Morgan fingerprint density at radius 2 is 2.11 bits per heavy atom. The van der Waals surface area contributed by atoms with Gasteiger partial charge in [0.15, 0.2) is 0 Å². The Morgan fingerprint density at radius 3 is 2.79 bits per heavy atom. The number of aliphatic hydroxyl groups is 1. The minimum atomic E-state index is 0.134. The lowest BCUT2D eigenvalue weighted by molar-refractivity contribution is 0.305. The maximum absolute atomic E-state index is 8.78. The minimum Gasteiger partial charge on any atom is -0.395 e. The van der Waals surface area contributed by atoms with Crippen LogP contribution in [-0.4, -0.2) is 30.2 Å². The Bertz CT molecular complexity index is 472. The Balaban J connectivity index is 1.97. The van der Waals surface area contributed by atoms with E-state index in [-0.39, 0.29) is 6.61 Å². The number of nitrogens with zero attached hydrogens (tertiary/aromatic N) is 1. The van der Waals surface area contributed by atoms with Gasteiger partial charge in [-0.1, -0.05) is 37.0 Å². The van der Waals surface area contributed by atoms with E-state index in [1.54, 1.807) is 0 Å². The predicted octanol–water partition coefficient (Wildman–Crippen LogP) is 2.51. The van der Waals surface area contributed by atoms with Crippen LogP contribution in [0.4, 0.5) is 0 Å². The van der Waals surface area contributed by atoms with E-state index in [1.165, 1.54) is 18.5 Å². The Morgan fingerprint density at radius 1 is 1.37 bits per heavy atom. The van der Waals surface area contributed by atoms with Gasteiger partial charge in [0.05, 0.1) is 6.61 Å². The van der Waals surface area contributed by atoms with Crippen LogP contribution in [0.15, 0.2) is 24.3 Å². The van der Waals surface area contributed by atoms with Crippen LogP contribution in [0.2, 0.25) is 0 Å². The fourth-order valence-electron chi connectivity index (χ4n) is 2.40. The monoisotopic (exact) mass is 257 g/mol. The first-order valence-corrected chi connectivity index (χ1v) is 7.07. The van der Waals surface area contributed by atoms with Crippen LogP contribution in [0.25, 0.3) is 0 Å². The zero-order chi connectivity index (χ0) is 13.7. The summed E-state index contributed by atoms with van der Waals surface area (Å²) in [4.78, 5) is 2.39. The quantitative estimate of drug-likeness (QED) is 0.819. The summed E-state index contributed by atoms with van der Waals surface area (Å²) in [6.07, 6.45) is 1.92. The largest absolute Gasteiger partial charge is 0.395 e. The number of hydrogen-bond acceptors (Lipinski definition) is 2. The first-order valence-electron chi connectivity index (χ1n) is 7.07. The molecule has 0 spiro atoms. The van der Waals surface area contributed by atoms with Crippen molar-refractivity contribution in [2.45, 2.75) is 26.3 Å². The third-order valence-corrected chi connectivity index (χ3v) is 3.74. The van der Waals surface area contributed by atoms with Gasteiger partial charge < -0.3 is 10.0 Å². The SMILES string of the molecule is CC1CC1CN(C)Cc1ccccc1C#CCCO. The molecule has 1 saturated carbocycles. The van der Waals surface area contributed by atoms with E-state index in [0.717, 1.165) is 23.9 Å². The van der Waals surface area contributed by atoms with Crippen molar-refractivity contribution in [3.05, 3.63) is 35.4 Å². The summed E-state index contributed by atoms with van der Waals surface area (Å²) in [5, 5.41) is 8.78. The summed E-state index contributed by atoms with van der Waals surface area (Å²) in [6.45, 7) is 4.59. The van der Waals surface area contributed by atoms with Gasteiger partial charge in [0.25, 0.3) is 0 Å². The van der Waals surface area contributed by atoms with E-state index in [9.17, 15) is 0 Å². The van der Waals surface area contributed by atoms with Crippen molar-refractivity contribution >= 4 is 0 Å². The Labute approximate surface area is 116 Å². The van der Waals surface area contributed by atoms with Crippen LogP contribution < -0.4 is 0 Å². The Kier molecular flexibility index (Phi) is 5.01. The zero-order valence-electron chi connectivity index (χ0n) is 11.9. The second-order valence-corrected chi connectivity index (χ2v) is 5.60. The van der Waals surface area contributed by atoms with E-state index < -0.39 is 0 Å². The molecule has 2 nitrogen and oxygen atoms in total. The van der Waals surface area contributed by atoms with E-state index in [1.807, 2.05) is 6.07 Å². The summed E-state index contributed by atoms with van der Waals surface area (Å²) < 4.78 is 0. The van der Waals surface area contributed by atoms with Crippen molar-refractivity contribution in [2.75, 3.05) is 20.2 Å². The molecular weight excluding hydrogens is 234 g/mol. The van der Waals surface area contributed by atoms with E-state index in [4.69, 9.17) is 5.11 Å². The molecular formula is C17H23NO. The van der Waals surface area contributed by atoms with Crippen LogP contribution in [0, 0.1) is 23.7 Å². The minimum absolute atomic E-state index is 0.134. The van der Waals surface area contributed by atoms with Gasteiger partial charge in [0, 0.05) is 25.1 Å². The first kappa shape index (κ1) is 14.1. The third kappa shape index (κ3) is 4.38. The number of rotatable bonds is 5. The maximum atomic E-state index is 8.78. The smallest absolute Gasteiger partial charge is 0.0540 e. The molecule has 2 unspecified atom stereocenters. The van der Waals surface area contributed by atoms with Crippen molar-refractivity contribution in [1.82, 2.24) is 4.90 Å². The lowest BCUT2D eigenvalue weighted by atomic mass is 10.1. The van der Waals surface area contributed by atoms with Crippen molar-refractivity contribution in [2.24, 2.45) is 11.8 Å². The molecule has 0 radical (unpaired) electrons. The van der Waals surface area contributed by atoms with Crippen molar-refractivity contribution in [3.8, 4) is 11.8 Å². The highest BCUT2D eigenvalue weighted by molar-refractivity contribution is 5.41. The molecule has 2 heteroatoms. The maximum Gasteiger partial charge on any atom is 0.0540 e. The van der Waals surface area contributed by atoms with E-state index >= 15 is 0 Å². The molecule has 1 aliphatic carbocycles. The van der Waals surface area contributed by atoms with Gasteiger partial charge in [-0.15, -0.1) is 0 Å². The van der Waals surface area contributed by atoms with Crippen LogP contribution in [-0.2, 0) is 6.54 Å². The number of hydrogen-bond donors (Lipinski definition) is 1. The molecule has 0 amide bonds. The summed E-state index contributed by atoms with van der Waals surface area (Å²) in [5.41, 5.74) is 2.37. The molecule has 1 aromatic rings. The molecule has 0 aromatic heterocycles. The average molecular weight is 257 g/mol. The van der Waals surface area contributed by atoms with Gasteiger partial charge >= 0.3 is 0 Å². The normalized spacial score (nSPS) is 21.1. The average Bonchev–Trinajstić information content (AvgIpc) is 3.07. The van der Waals surface area contributed by atoms with E-state index in [2.05, 4.69) is 48.9 Å². The van der Waals surface area contributed by atoms with Crippen molar-refractivity contribution in [1.29, 1.82) is 0 Å². The molecule has 1 aliphatic rings. The standard InChI is InChI=1S/C17H23NO/c1-14-11-17(14)13-18(2)12-16-9-4-3-7-15(16)8-5-6-10-19/h3-4,7,9,14,17,19H,6,10-13H2,1-2H3. The molecule has 2 rings (SSSR count). The summed E-state index contributed by atoms with van der Waals surface area (Å²) in [5.74, 6) is 7.96.